The van der Waals surface area contributed by atoms with Crippen molar-refractivity contribution in [2.24, 2.45) is 0 Å². The van der Waals surface area contributed by atoms with Gasteiger partial charge in [0, 0.05) is 5.56 Å². The number of hydrogen-bond acceptors (Lipinski definition) is 2. The van der Waals surface area contributed by atoms with Gasteiger partial charge in [0.25, 0.3) is 5.92 Å². The van der Waals surface area contributed by atoms with Crippen LogP contribution in [0, 0.1) is 0 Å². The molecule has 0 saturated carbocycles. The number of aromatic nitrogens is 2. The molecule has 0 saturated heterocycles. The topological polar surface area (TPSA) is 85.9 Å². The summed E-state index contributed by atoms with van der Waals surface area (Å²) in [7, 11) is 0. The van der Waals surface area contributed by atoms with Crippen LogP contribution < -0.4 is 5.69 Å². The van der Waals surface area contributed by atoms with Gasteiger partial charge in [-0.1, -0.05) is 6.07 Å². The molecule has 0 aliphatic heterocycles. The van der Waals surface area contributed by atoms with E-state index in [0.29, 0.717) is 5.52 Å². The van der Waals surface area contributed by atoms with E-state index in [1.54, 1.807) is 0 Å². The molecule has 0 atom stereocenters. The molecule has 2 aromatic rings. The maximum absolute atomic E-state index is 13.5. The van der Waals surface area contributed by atoms with Crippen LogP contribution in [0.2, 0.25) is 0 Å². The zero-order chi connectivity index (χ0) is 12.6. The van der Waals surface area contributed by atoms with E-state index in [4.69, 9.17) is 5.11 Å². The van der Waals surface area contributed by atoms with Crippen LogP contribution in [0.1, 0.15) is 12.0 Å². The minimum absolute atomic E-state index is 0.220. The highest BCUT2D eigenvalue weighted by Gasteiger charge is 2.34. The third-order valence-electron chi connectivity index (χ3n) is 2.31. The molecule has 0 bridgehead atoms. The van der Waals surface area contributed by atoms with Crippen LogP contribution in [-0.2, 0) is 10.7 Å². The predicted octanol–water partition coefficient (Wildman–Crippen LogP) is 1.42. The summed E-state index contributed by atoms with van der Waals surface area (Å²) in [5, 5.41) is 8.38. The molecular formula is C10H8F2N2O3. The predicted molar refractivity (Wildman–Crippen MR) is 55.1 cm³/mol. The fourth-order valence-corrected chi connectivity index (χ4v) is 1.55. The van der Waals surface area contributed by atoms with E-state index in [2.05, 4.69) is 9.97 Å². The van der Waals surface area contributed by atoms with Crippen LogP contribution >= 0.6 is 0 Å². The number of halogens is 2. The van der Waals surface area contributed by atoms with Crippen molar-refractivity contribution in [3.8, 4) is 0 Å². The molecule has 3 N–H and O–H groups in total. The number of fused-ring (bicyclic) bond motifs is 1. The Morgan fingerprint density at radius 1 is 1.29 bits per heavy atom. The highest BCUT2D eigenvalue weighted by molar-refractivity contribution is 5.76. The standard InChI is InChI=1S/C10H8F2N2O3/c11-10(12,4-8(15)16)5-1-2-6-7(3-5)14-9(17)13-6/h1-3H,4H2,(H,15,16)(H2,13,14,17). The number of H-pyrrole nitrogens is 2. The zero-order valence-corrected chi connectivity index (χ0v) is 8.46. The molecule has 2 rings (SSSR count). The third-order valence-corrected chi connectivity index (χ3v) is 2.31. The Morgan fingerprint density at radius 3 is 2.59 bits per heavy atom. The first-order chi connectivity index (χ1) is 7.88. The molecule has 0 radical (unpaired) electrons. The number of benzene rings is 1. The van der Waals surface area contributed by atoms with Crippen LogP contribution in [-0.4, -0.2) is 21.0 Å². The van der Waals surface area contributed by atoms with Crippen molar-refractivity contribution in [2.45, 2.75) is 12.3 Å². The Bertz CT molecular complexity index is 630. The number of carboxylic acids is 1. The van der Waals surface area contributed by atoms with Crippen molar-refractivity contribution in [3.63, 3.8) is 0 Å². The smallest absolute Gasteiger partial charge is 0.323 e. The van der Waals surface area contributed by atoms with E-state index >= 15 is 0 Å². The van der Waals surface area contributed by atoms with Gasteiger partial charge >= 0.3 is 11.7 Å². The summed E-state index contributed by atoms with van der Waals surface area (Å²) < 4.78 is 26.9. The molecule has 90 valence electrons. The van der Waals surface area contributed by atoms with E-state index in [1.165, 1.54) is 6.07 Å². The van der Waals surface area contributed by atoms with Gasteiger partial charge in [-0.25, -0.2) is 13.6 Å². The van der Waals surface area contributed by atoms with Gasteiger partial charge in [0.15, 0.2) is 0 Å². The van der Waals surface area contributed by atoms with Gasteiger partial charge in [0.1, 0.15) is 6.42 Å². The van der Waals surface area contributed by atoms with Crippen molar-refractivity contribution in [3.05, 3.63) is 34.2 Å². The van der Waals surface area contributed by atoms with E-state index in [-0.39, 0.29) is 5.52 Å². The number of imidazole rings is 1. The number of hydrogen-bond donors (Lipinski definition) is 3. The van der Waals surface area contributed by atoms with Crippen LogP contribution in [0.4, 0.5) is 8.78 Å². The molecule has 0 unspecified atom stereocenters. The Labute approximate surface area is 93.1 Å². The summed E-state index contributed by atoms with van der Waals surface area (Å²) in [6, 6.07) is 3.46. The van der Waals surface area contributed by atoms with Crippen molar-refractivity contribution in [1.82, 2.24) is 9.97 Å². The Hall–Kier alpha value is -2.18. The number of alkyl halides is 2. The second kappa shape index (κ2) is 3.69. The zero-order valence-electron chi connectivity index (χ0n) is 8.46. The molecule has 5 nitrogen and oxygen atoms in total. The molecule has 0 aliphatic carbocycles. The highest BCUT2D eigenvalue weighted by Crippen LogP contribution is 2.32. The van der Waals surface area contributed by atoms with E-state index in [1.807, 2.05) is 0 Å². The SMILES string of the molecule is O=C(O)CC(F)(F)c1ccc2[nH]c(=O)[nH]c2c1. The summed E-state index contributed by atoms with van der Waals surface area (Å²) in [6.07, 6.45) is -1.28. The highest BCUT2D eigenvalue weighted by atomic mass is 19.3. The lowest BCUT2D eigenvalue weighted by Gasteiger charge is -2.13. The second-order valence-corrected chi connectivity index (χ2v) is 3.61. The summed E-state index contributed by atoms with van der Waals surface area (Å²) in [4.78, 5) is 26.0. The number of aliphatic carboxylic acids is 1. The van der Waals surface area contributed by atoms with Crippen LogP contribution in [0.25, 0.3) is 11.0 Å². The molecule has 0 spiro atoms. The molecule has 1 aromatic heterocycles. The molecule has 0 aliphatic rings. The largest absolute Gasteiger partial charge is 0.481 e. The van der Waals surface area contributed by atoms with Gasteiger partial charge in [0.2, 0.25) is 0 Å². The quantitative estimate of drug-likeness (QED) is 0.760. The summed E-state index contributed by atoms with van der Waals surface area (Å²) in [6.45, 7) is 0. The lowest BCUT2D eigenvalue weighted by molar-refractivity contribution is -0.145. The van der Waals surface area contributed by atoms with Crippen LogP contribution in [0.15, 0.2) is 23.0 Å². The third kappa shape index (κ3) is 2.17. The van der Waals surface area contributed by atoms with Gasteiger partial charge in [-0.05, 0) is 12.1 Å². The maximum Gasteiger partial charge on any atom is 0.323 e. The first-order valence-corrected chi connectivity index (χ1v) is 4.70. The number of carbonyl (C=O) groups is 1. The van der Waals surface area contributed by atoms with Crippen LogP contribution in [0.3, 0.4) is 0 Å². The van der Waals surface area contributed by atoms with E-state index in [0.717, 1.165) is 12.1 Å². The average molecular weight is 242 g/mol. The lowest BCUT2D eigenvalue weighted by atomic mass is 10.1. The monoisotopic (exact) mass is 242 g/mol. The molecular weight excluding hydrogens is 234 g/mol. The number of aromatic amines is 2. The lowest BCUT2D eigenvalue weighted by Crippen LogP contribution is -2.18. The number of nitrogens with one attached hydrogen (secondary N) is 2. The van der Waals surface area contributed by atoms with Crippen molar-refractivity contribution >= 4 is 17.0 Å². The van der Waals surface area contributed by atoms with Gasteiger partial charge in [-0.2, -0.15) is 0 Å². The van der Waals surface area contributed by atoms with E-state index < -0.39 is 29.6 Å². The fraction of sp³-hybridized carbons (Fsp3) is 0.200. The molecule has 0 amide bonds. The first kappa shape index (κ1) is 11.3. The van der Waals surface area contributed by atoms with Gasteiger partial charge in [-0.3, -0.25) is 4.79 Å². The average Bonchev–Trinajstić information content (AvgIpc) is 2.54. The molecule has 17 heavy (non-hydrogen) atoms. The molecule has 7 heteroatoms. The minimum Gasteiger partial charge on any atom is -0.481 e. The van der Waals surface area contributed by atoms with Crippen molar-refractivity contribution in [2.75, 3.05) is 0 Å². The molecule has 1 aromatic carbocycles. The van der Waals surface area contributed by atoms with Crippen molar-refractivity contribution < 1.29 is 18.7 Å². The summed E-state index contributed by atoms with van der Waals surface area (Å²) >= 11 is 0. The minimum atomic E-state index is -3.46. The second-order valence-electron chi connectivity index (χ2n) is 3.61. The van der Waals surface area contributed by atoms with Crippen LogP contribution in [0.5, 0.6) is 0 Å². The van der Waals surface area contributed by atoms with Crippen molar-refractivity contribution in [1.29, 1.82) is 0 Å². The normalized spacial score (nSPS) is 11.9. The van der Waals surface area contributed by atoms with Gasteiger partial charge < -0.3 is 15.1 Å². The fourth-order valence-electron chi connectivity index (χ4n) is 1.55. The maximum atomic E-state index is 13.5. The summed E-state index contributed by atoms with van der Waals surface area (Å²) in [5.41, 5.74) is -0.330. The van der Waals surface area contributed by atoms with Gasteiger partial charge in [0.05, 0.1) is 11.0 Å². The van der Waals surface area contributed by atoms with Gasteiger partial charge in [-0.15, -0.1) is 0 Å². The Balaban J connectivity index is 2.48. The summed E-state index contributed by atoms with van der Waals surface area (Å²) in [5.74, 6) is -5.05. The van der Waals surface area contributed by atoms with E-state index in [9.17, 15) is 18.4 Å². The molecule has 1 heterocycles. The number of carboxylic acid groups (broad SMARTS) is 1. The first-order valence-electron chi connectivity index (χ1n) is 4.70. The Morgan fingerprint density at radius 2 is 1.94 bits per heavy atom. The Kier molecular flexibility index (Phi) is 2.45. The number of rotatable bonds is 3. The molecule has 0 fully saturated rings.